The largest absolute Gasteiger partial charge is 0.135 e. The molecule has 0 saturated heterocycles. The minimum absolute atomic E-state index is 0.146. The van der Waals surface area contributed by atoms with Crippen LogP contribution in [-0.2, 0) is 10.8 Å². The van der Waals surface area contributed by atoms with Crippen molar-refractivity contribution in [2.75, 3.05) is 0 Å². The maximum Gasteiger partial charge on any atom is 0.0355 e. The zero-order valence-corrected chi connectivity index (χ0v) is 32.3. The molecule has 0 aliphatic heterocycles. The summed E-state index contributed by atoms with van der Waals surface area (Å²) >= 11 is 3.77. The van der Waals surface area contributed by atoms with Crippen LogP contribution < -0.4 is 0 Å². The zero-order chi connectivity index (χ0) is 36.1. The molecule has 2 aliphatic rings. The van der Waals surface area contributed by atoms with Crippen molar-refractivity contribution in [2.45, 2.75) is 38.5 Å². The van der Waals surface area contributed by atoms with Crippen molar-refractivity contribution in [3.63, 3.8) is 0 Å². The van der Waals surface area contributed by atoms with E-state index in [0.29, 0.717) is 0 Å². The van der Waals surface area contributed by atoms with Gasteiger partial charge in [-0.3, -0.25) is 0 Å². The standard InChI is InChI=1S/C52H36S2/c1-51(2)41-13-9-12-37-49-36-21-17-32(30-19-23-48-39(25-30)35-11-6-8-15-46(35)54-48)27-43(36)52(3,4)44(49)28-40(50(37)41)33-20-16-31(26-42(33)51)29-18-22-47-38(24-29)34-10-5-7-14-45(34)53-47/h5-28H,1-4H3. The van der Waals surface area contributed by atoms with Crippen molar-refractivity contribution >= 4 is 73.8 Å². The molecule has 0 radical (unpaired) electrons. The second-order valence-electron chi connectivity index (χ2n) is 16.5. The summed E-state index contributed by atoms with van der Waals surface area (Å²) in [6.07, 6.45) is 0. The normalized spacial score (nSPS) is 15.0. The summed E-state index contributed by atoms with van der Waals surface area (Å²) in [5.41, 5.74) is 16.0. The van der Waals surface area contributed by atoms with E-state index in [-0.39, 0.29) is 10.8 Å². The molecule has 2 heteroatoms. The maximum atomic E-state index is 2.56. The van der Waals surface area contributed by atoms with Gasteiger partial charge in [0.1, 0.15) is 0 Å². The first kappa shape index (κ1) is 30.9. The topological polar surface area (TPSA) is 0 Å². The highest BCUT2D eigenvalue weighted by atomic mass is 32.1. The molecule has 2 aliphatic carbocycles. The van der Waals surface area contributed by atoms with Gasteiger partial charge in [0.25, 0.3) is 0 Å². The van der Waals surface area contributed by atoms with E-state index >= 15 is 0 Å². The summed E-state index contributed by atoms with van der Waals surface area (Å²) in [5, 5.41) is 8.18. The molecule has 0 spiro atoms. The summed E-state index contributed by atoms with van der Waals surface area (Å²) in [4.78, 5) is 0. The van der Waals surface area contributed by atoms with Crippen LogP contribution >= 0.6 is 22.7 Å². The van der Waals surface area contributed by atoms with E-state index in [4.69, 9.17) is 0 Å². The van der Waals surface area contributed by atoms with Crippen molar-refractivity contribution in [3.8, 4) is 44.5 Å². The van der Waals surface area contributed by atoms with Crippen molar-refractivity contribution in [1.29, 1.82) is 0 Å². The molecule has 0 N–H and O–H groups in total. The second kappa shape index (κ2) is 10.6. The van der Waals surface area contributed by atoms with E-state index in [2.05, 4.69) is 173 Å². The summed E-state index contributed by atoms with van der Waals surface area (Å²) in [7, 11) is 0. The van der Waals surface area contributed by atoms with Gasteiger partial charge in [0.2, 0.25) is 0 Å². The fourth-order valence-corrected chi connectivity index (χ4v) is 12.2. The molecule has 0 bridgehead atoms. The Bertz CT molecular complexity index is 3270. The lowest BCUT2D eigenvalue weighted by Crippen LogP contribution is -2.24. The third-order valence-corrected chi connectivity index (χ3v) is 15.2. The molecule has 8 aromatic carbocycles. The second-order valence-corrected chi connectivity index (χ2v) is 18.6. The highest BCUT2D eigenvalue weighted by Gasteiger charge is 2.41. The van der Waals surface area contributed by atoms with Gasteiger partial charge in [-0.25, -0.2) is 0 Å². The van der Waals surface area contributed by atoms with Crippen LogP contribution in [0.1, 0.15) is 49.9 Å². The van der Waals surface area contributed by atoms with Crippen LogP contribution in [0.4, 0.5) is 0 Å². The molecular weight excluding hydrogens is 689 g/mol. The predicted octanol–water partition coefficient (Wildman–Crippen LogP) is 15.5. The van der Waals surface area contributed by atoms with E-state index in [0.717, 1.165) is 0 Å². The van der Waals surface area contributed by atoms with Crippen LogP contribution in [0.2, 0.25) is 0 Å². The third kappa shape index (κ3) is 4.02. The lowest BCUT2D eigenvalue weighted by Gasteiger charge is -2.36. The van der Waals surface area contributed by atoms with Gasteiger partial charge in [0, 0.05) is 51.2 Å². The van der Waals surface area contributed by atoms with Crippen molar-refractivity contribution in [1.82, 2.24) is 0 Å². The van der Waals surface area contributed by atoms with Gasteiger partial charge in [0.15, 0.2) is 0 Å². The van der Waals surface area contributed by atoms with Crippen LogP contribution in [0.15, 0.2) is 146 Å². The molecule has 12 rings (SSSR count). The minimum Gasteiger partial charge on any atom is -0.135 e. The van der Waals surface area contributed by atoms with Crippen molar-refractivity contribution in [2.24, 2.45) is 0 Å². The summed E-state index contributed by atoms with van der Waals surface area (Å²) in [6, 6.07) is 55.8. The van der Waals surface area contributed by atoms with E-state index < -0.39 is 0 Å². The lowest BCUT2D eigenvalue weighted by atomic mass is 9.67. The Morgan fingerprint density at radius 1 is 0.333 bits per heavy atom. The Labute approximate surface area is 323 Å². The van der Waals surface area contributed by atoms with E-state index in [1.807, 2.05) is 22.7 Å². The third-order valence-electron chi connectivity index (χ3n) is 12.9. The zero-order valence-electron chi connectivity index (χ0n) is 30.7. The average Bonchev–Trinajstić information content (AvgIpc) is 3.83. The molecular formula is C52H36S2. The molecule has 54 heavy (non-hydrogen) atoms. The number of hydrogen-bond donors (Lipinski definition) is 0. The van der Waals surface area contributed by atoms with E-state index in [1.165, 1.54) is 118 Å². The number of hydrogen-bond acceptors (Lipinski definition) is 2. The van der Waals surface area contributed by atoms with Crippen LogP contribution in [-0.4, -0.2) is 0 Å². The molecule has 0 amide bonds. The van der Waals surface area contributed by atoms with Gasteiger partial charge in [-0.05, 0) is 132 Å². The minimum atomic E-state index is -0.156. The van der Waals surface area contributed by atoms with Crippen LogP contribution in [0.5, 0.6) is 0 Å². The molecule has 0 nitrogen and oxygen atoms in total. The van der Waals surface area contributed by atoms with Crippen LogP contribution in [0.25, 0.3) is 95.6 Å². The summed E-state index contributed by atoms with van der Waals surface area (Å²) in [5.74, 6) is 0. The van der Waals surface area contributed by atoms with Gasteiger partial charge >= 0.3 is 0 Å². The first-order valence-electron chi connectivity index (χ1n) is 19.0. The van der Waals surface area contributed by atoms with Gasteiger partial charge in [-0.2, -0.15) is 0 Å². The van der Waals surface area contributed by atoms with Crippen molar-refractivity contribution < 1.29 is 0 Å². The van der Waals surface area contributed by atoms with Gasteiger partial charge in [0.05, 0.1) is 0 Å². The summed E-state index contributed by atoms with van der Waals surface area (Å²) < 4.78 is 5.40. The van der Waals surface area contributed by atoms with E-state index in [9.17, 15) is 0 Å². The van der Waals surface area contributed by atoms with Gasteiger partial charge < -0.3 is 0 Å². The molecule has 10 aromatic rings. The quantitative estimate of drug-likeness (QED) is 0.167. The summed E-state index contributed by atoms with van der Waals surface area (Å²) in [6.45, 7) is 9.71. The van der Waals surface area contributed by atoms with E-state index in [1.54, 1.807) is 0 Å². The molecule has 256 valence electrons. The SMILES string of the molecule is CC1(C)c2cc(-c3ccc4sc5ccccc5c4c3)ccc2-c2c1cc1c3c(cccc23)C(C)(C)c2cc(-c3ccc4sc5ccccc5c4c3)ccc2-1. The predicted molar refractivity (Wildman–Crippen MR) is 236 cm³/mol. The lowest BCUT2D eigenvalue weighted by molar-refractivity contribution is 0.644. The smallest absolute Gasteiger partial charge is 0.0355 e. The Morgan fingerprint density at radius 2 is 0.815 bits per heavy atom. The van der Waals surface area contributed by atoms with Crippen LogP contribution in [0, 0.1) is 0 Å². The molecule has 0 atom stereocenters. The molecule has 0 unspecified atom stereocenters. The first-order valence-corrected chi connectivity index (χ1v) is 20.6. The Balaban J connectivity index is 1.02. The molecule has 0 fully saturated rings. The Morgan fingerprint density at radius 3 is 1.44 bits per heavy atom. The Hall–Kier alpha value is -5.54. The molecule has 0 saturated carbocycles. The highest BCUT2D eigenvalue weighted by molar-refractivity contribution is 7.26. The number of thiophene rings is 2. The number of fused-ring (bicyclic) bond motifs is 12. The highest BCUT2D eigenvalue weighted by Crippen LogP contribution is 2.58. The molecule has 2 aromatic heterocycles. The average molecular weight is 725 g/mol. The van der Waals surface area contributed by atoms with Crippen LogP contribution in [0.3, 0.4) is 0 Å². The Kier molecular flexibility index (Phi) is 6.04. The molecule has 2 heterocycles. The van der Waals surface area contributed by atoms with Crippen molar-refractivity contribution in [3.05, 3.63) is 168 Å². The maximum absolute atomic E-state index is 2.56. The first-order chi connectivity index (χ1) is 26.3. The number of benzene rings is 8. The van der Waals surface area contributed by atoms with Gasteiger partial charge in [-0.1, -0.05) is 119 Å². The van der Waals surface area contributed by atoms with Gasteiger partial charge in [-0.15, -0.1) is 22.7 Å². The fourth-order valence-electron chi connectivity index (χ4n) is 10.0. The fraction of sp³-hybridized carbons (Fsp3) is 0.115. The number of rotatable bonds is 2. The monoisotopic (exact) mass is 724 g/mol.